The van der Waals surface area contributed by atoms with Crippen LogP contribution in [0, 0.1) is 5.92 Å². The molecule has 0 aromatic carbocycles. The van der Waals surface area contributed by atoms with Crippen molar-refractivity contribution in [3.05, 3.63) is 22.8 Å². The fourth-order valence-corrected chi connectivity index (χ4v) is 2.20. The van der Waals surface area contributed by atoms with Crippen molar-refractivity contribution < 1.29 is 9.90 Å². The first-order valence-corrected chi connectivity index (χ1v) is 6.43. The van der Waals surface area contributed by atoms with Crippen LogP contribution in [-0.4, -0.2) is 21.8 Å². The highest BCUT2D eigenvalue weighted by Crippen LogP contribution is 2.23. The van der Waals surface area contributed by atoms with Crippen LogP contribution >= 0.6 is 23.4 Å². The second kappa shape index (κ2) is 6.11. The molecular formula is C11H14ClNO2S. The Morgan fingerprint density at radius 2 is 2.31 bits per heavy atom. The zero-order valence-electron chi connectivity index (χ0n) is 9.24. The van der Waals surface area contributed by atoms with E-state index in [0.29, 0.717) is 10.9 Å². The van der Waals surface area contributed by atoms with E-state index in [1.165, 1.54) is 0 Å². The van der Waals surface area contributed by atoms with Gasteiger partial charge >= 0.3 is 5.97 Å². The molecule has 1 rings (SSSR count). The third-order valence-electron chi connectivity index (χ3n) is 2.24. The number of halogens is 1. The van der Waals surface area contributed by atoms with Gasteiger partial charge in [-0.3, -0.25) is 0 Å². The van der Waals surface area contributed by atoms with E-state index in [2.05, 4.69) is 18.8 Å². The van der Waals surface area contributed by atoms with E-state index in [-0.39, 0.29) is 10.7 Å². The molecule has 1 aromatic rings. The Morgan fingerprint density at radius 3 is 2.88 bits per heavy atom. The number of pyridine rings is 1. The van der Waals surface area contributed by atoms with E-state index in [4.69, 9.17) is 16.7 Å². The van der Waals surface area contributed by atoms with Gasteiger partial charge in [0.1, 0.15) is 0 Å². The molecule has 0 bridgehead atoms. The molecule has 1 unspecified atom stereocenters. The molecule has 16 heavy (non-hydrogen) atoms. The Morgan fingerprint density at radius 1 is 1.62 bits per heavy atom. The predicted octanol–water partition coefficient (Wildman–Crippen LogP) is 3.57. The van der Waals surface area contributed by atoms with E-state index >= 15 is 0 Å². The van der Waals surface area contributed by atoms with Gasteiger partial charge in [0.2, 0.25) is 0 Å². The number of carbonyl (C=O) groups is 1. The standard InChI is InChI=1S/C11H14ClNO2S/c1-3-7(2)6-16-9-5-4-8(12)10(13-9)11(14)15/h4-5,7H,3,6H2,1-2H3,(H,14,15). The lowest BCUT2D eigenvalue weighted by Gasteiger charge is -2.07. The predicted molar refractivity (Wildman–Crippen MR) is 66.4 cm³/mol. The summed E-state index contributed by atoms with van der Waals surface area (Å²) in [5, 5.41) is 9.75. The molecule has 3 nitrogen and oxygen atoms in total. The molecule has 0 spiro atoms. The van der Waals surface area contributed by atoms with Gasteiger partial charge in [-0.2, -0.15) is 0 Å². The maximum absolute atomic E-state index is 10.8. The molecule has 0 saturated carbocycles. The maximum atomic E-state index is 10.8. The summed E-state index contributed by atoms with van der Waals surface area (Å²) in [7, 11) is 0. The highest BCUT2D eigenvalue weighted by atomic mass is 35.5. The zero-order valence-corrected chi connectivity index (χ0v) is 10.8. The number of rotatable bonds is 5. The lowest BCUT2D eigenvalue weighted by molar-refractivity contribution is 0.0690. The van der Waals surface area contributed by atoms with Crippen molar-refractivity contribution >= 4 is 29.3 Å². The molecule has 0 saturated heterocycles. The molecule has 0 amide bonds. The molecular weight excluding hydrogens is 246 g/mol. The van der Waals surface area contributed by atoms with Gasteiger partial charge in [-0.15, -0.1) is 11.8 Å². The van der Waals surface area contributed by atoms with Crippen LogP contribution in [0.2, 0.25) is 5.02 Å². The van der Waals surface area contributed by atoms with Gasteiger partial charge in [0, 0.05) is 5.75 Å². The van der Waals surface area contributed by atoms with Gasteiger partial charge in [0.05, 0.1) is 10.0 Å². The molecule has 1 atom stereocenters. The number of aromatic nitrogens is 1. The van der Waals surface area contributed by atoms with Crippen LogP contribution in [0.5, 0.6) is 0 Å². The highest BCUT2D eigenvalue weighted by Gasteiger charge is 2.12. The summed E-state index contributed by atoms with van der Waals surface area (Å²) in [6.07, 6.45) is 1.10. The molecule has 5 heteroatoms. The number of carboxylic acids is 1. The van der Waals surface area contributed by atoms with Crippen molar-refractivity contribution in [1.29, 1.82) is 0 Å². The van der Waals surface area contributed by atoms with E-state index in [9.17, 15) is 4.79 Å². The second-order valence-corrected chi connectivity index (χ2v) is 5.06. The number of nitrogens with zero attached hydrogens (tertiary/aromatic N) is 1. The van der Waals surface area contributed by atoms with Crippen molar-refractivity contribution in [2.45, 2.75) is 25.3 Å². The Kier molecular flexibility index (Phi) is 5.09. The van der Waals surface area contributed by atoms with E-state index < -0.39 is 5.97 Å². The monoisotopic (exact) mass is 259 g/mol. The summed E-state index contributed by atoms with van der Waals surface area (Å²) in [5.41, 5.74) is -0.0733. The van der Waals surface area contributed by atoms with Gasteiger partial charge in [-0.05, 0) is 18.1 Å². The average Bonchev–Trinajstić information content (AvgIpc) is 2.27. The van der Waals surface area contributed by atoms with Crippen LogP contribution in [0.15, 0.2) is 17.2 Å². The summed E-state index contributed by atoms with van der Waals surface area (Å²) in [6, 6.07) is 3.33. The van der Waals surface area contributed by atoms with Crippen molar-refractivity contribution in [2.75, 3.05) is 5.75 Å². The number of thioether (sulfide) groups is 1. The van der Waals surface area contributed by atoms with Gasteiger partial charge in [0.25, 0.3) is 0 Å². The molecule has 0 aliphatic heterocycles. The summed E-state index contributed by atoms with van der Waals surface area (Å²) in [4.78, 5) is 14.8. The van der Waals surface area contributed by atoms with Crippen molar-refractivity contribution in [2.24, 2.45) is 5.92 Å². The maximum Gasteiger partial charge on any atom is 0.356 e. The Bertz CT molecular complexity index is 384. The smallest absolute Gasteiger partial charge is 0.356 e. The largest absolute Gasteiger partial charge is 0.476 e. The zero-order chi connectivity index (χ0) is 12.1. The summed E-state index contributed by atoms with van der Waals surface area (Å²) in [6.45, 7) is 4.28. The third-order valence-corrected chi connectivity index (χ3v) is 3.80. The fourth-order valence-electron chi connectivity index (χ4n) is 1.00. The van der Waals surface area contributed by atoms with Gasteiger partial charge in [-0.25, -0.2) is 9.78 Å². The number of aromatic carboxylic acids is 1. The van der Waals surface area contributed by atoms with Crippen LogP contribution in [0.25, 0.3) is 0 Å². The summed E-state index contributed by atoms with van der Waals surface area (Å²) >= 11 is 7.29. The van der Waals surface area contributed by atoms with E-state index in [1.54, 1.807) is 23.9 Å². The molecule has 0 radical (unpaired) electrons. The number of carboxylic acid groups (broad SMARTS) is 1. The third kappa shape index (κ3) is 3.68. The Balaban J connectivity index is 2.75. The first kappa shape index (κ1) is 13.3. The average molecular weight is 260 g/mol. The first-order valence-electron chi connectivity index (χ1n) is 5.07. The Labute approximate surface area is 104 Å². The first-order chi connectivity index (χ1) is 7.54. The molecule has 0 aliphatic carbocycles. The molecule has 1 heterocycles. The van der Waals surface area contributed by atoms with Crippen LogP contribution < -0.4 is 0 Å². The normalized spacial score (nSPS) is 12.4. The number of hydrogen-bond acceptors (Lipinski definition) is 3. The van der Waals surface area contributed by atoms with Crippen molar-refractivity contribution in [3.63, 3.8) is 0 Å². The van der Waals surface area contributed by atoms with Crippen LogP contribution in [0.4, 0.5) is 0 Å². The van der Waals surface area contributed by atoms with Crippen molar-refractivity contribution in [1.82, 2.24) is 4.98 Å². The molecule has 1 N–H and O–H groups in total. The van der Waals surface area contributed by atoms with Crippen LogP contribution in [0.3, 0.4) is 0 Å². The topological polar surface area (TPSA) is 50.2 Å². The summed E-state index contributed by atoms with van der Waals surface area (Å²) in [5.74, 6) is 0.441. The van der Waals surface area contributed by atoms with E-state index in [1.807, 2.05) is 0 Å². The van der Waals surface area contributed by atoms with E-state index in [0.717, 1.165) is 12.2 Å². The minimum atomic E-state index is -1.09. The SMILES string of the molecule is CCC(C)CSc1ccc(Cl)c(C(=O)O)n1. The minimum Gasteiger partial charge on any atom is -0.476 e. The fraction of sp³-hybridized carbons (Fsp3) is 0.455. The Hall–Kier alpha value is -0.740. The number of hydrogen-bond donors (Lipinski definition) is 1. The summed E-state index contributed by atoms with van der Waals surface area (Å²) < 4.78 is 0. The van der Waals surface area contributed by atoms with Crippen molar-refractivity contribution in [3.8, 4) is 0 Å². The second-order valence-electron chi connectivity index (χ2n) is 3.61. The quantitative estimate of drug-likeness (QED) is 0.822. The molecule has 1 aromatic heterocycles. The van der Waals surface area contributed by atoms with Gasteiger partial charge in [-0.1, -0.05) is 31.9 Å². The van der Waals surface area contributed by atoms with Gasteiger partial charge in [0.15, 0.2) is 5.69 Å². The van der Waals surface area contributed by atoms with Crippen LogP contribution in [-0.2, 0) is 0 Å². The van der Waals surface area contributed by atoms with Crippen LogP contribution in [0.1, 0.15) is 30.8 Å². The molecule has 0 fully saturated rings. The lowest BCUT2D eigenvalue weighted by Crippen LogP contribution is -2.03. The lowest BCUT2D eigenvalue weighted by atomic mass is 10.2. The highest BCUT2D eigenvalue weighted by molar-refractivity contribution is 7.99. The molecule has 0 aliphatic rings. The molecule has 88 valence electrons. The van der Waals surface area contributed by atoms with Gasteiger partial charge < -0.3 is 5.11 Å². The minimum absolute atomic E-state index is 0.0733.